The number of morpholine rings is 1. The molecule has 0 N–H and O–H groups in total. The minimum atomic E-state index is -4.38. The van der Waals surface area contributed by atoms with Crippen molar-refractivity contribution in [1.29, 1.82) is 0 Å². The van der Waals surface area contributed by atoms with E-state index in [2.05, 4.69) is 0 Å². The quantitative estimate of drug-likeness (QED) is 0.781. The van der Waals surface area contributed by atoms with Crippen molar-refractivity contribution in [2.45, 2.75) is 31.4 Å². The normalized spacial score (nSPS) is 20.2. The van der Waals surface area contributed by atoms with Crippen molar-refractivity contribution >= 4 is 17.3 Å². The fraction of sp³-hybridized carbons (Fsp3) is 0.571. The average Bonchev–Trinajstić information content (AvgIpc) is 2.45. The lowest BCUT2D eigenvalue weighted by Crippen LogP contribution is -2.46. The van der Waals surface area contributed by atoms with E-state index in [0.29, 0.717) is 25.3 Å². The van der Waals surface area contributed by atoms with Crippen molar-refractivity contribution in [2.75, 3.05) is 24.7 Å². The first kappa shape index (κ1) is 15.4. The van der Waals surface area contributed by atoms with Gasteiger partial charge in [-0.05, 0) is 24.1 Å². The van der Waals surface area contributed by atoms with E-state index in [9.17, 15) is 13.2 Å². The van der Waals surface area contributed by atoms with Gasteiger partial charge in [0.05, 0.1) is 24.8 Å². The van der Waals surface area contributed by atoms with Crippen molar-refractivity contribution in [3.8, 4) is 0 Å². The van der Waals surface area contributed by atoms with Gasteiger partial charge < -0.3 is 9.64 Å². The van der Waals surface area contributed by atoms with E-state index in [4.69, 9.17) is 16.3 Å². The molecular formula is C14H17ClF3NO. The molecule has 6 heteroatoms. The molecule has 2 rings (SSSR count). The summed E-state index contributed by atoms with van der Waals surface area (Å²) >= 11 is 5.64. The lowest BCUT2D eigenvalue weighted by atomic mass is 10.0. The fourth-order valence-corrected chi connectivity index (χ4v) is 2.62. The molecule has 0 amide bonds. The summed E-state index contributed by atoms with van der Waals surface area (Å²) in [6, 6.07) is 4.30. The van der Waals surface area contributed by atoms with Crippen LogP contribution in [0.4, 0.5) is 18.9 Å². The minimum absolute atomic E-state index is 0.0216. The zero-order chi connectivity index (χ0) is 14.8. The molecule has 0 aromatic heterocycles. The summed E-state index contributed by atoms with van der Waals surface area (Å²) in [5.41, 5.74) is 0.0848. The third-order valence-electron chi connectivity index (χ3n) is 3.53. The Hall–Kier alpha value is -0.940. The maximum absolute atomic E-state index is 13.2. The predicted molar refractivity (Wildman–Crippen MR) is 73.2 cm³/mol. The molecule has 1 atom stereocenters. The molecule has 20 heavy (non-hydrogen) atoms. The van der Waals surface area contributed by atoms with E-state index in [1.807, 2.05) is 6.92 Å². The molecular weight excluding hydrogens is 291 g/mol. The minimum Gasteiger partial charge on any atom is -0.377 e. The first-order valence-corrected chi connectivity index (χ1v) is 7.11. The molecule has 1 aliphatic heterocycles. The molecule has 0 spiro atoms. The summed E-state index contributed by atoms with van der Waals surface area (Å²) in [7, 11) is 0. The smallest absolute Gasteiger partial charge is 0.377 e. The molecule has 0 bridgehead atoms. The number of ether oxygens (including phenoxy) is 1. The van der Waals surface area contributed by atoms with E-state index < -0.39 is 11.7 Å². The Kier molecular flexibility index (Phi) is 4.81. The molecule has 1 heterocycles. The standard InChI is InChI=1S/C14H17ClF3NO/c1-2-11-9-20-6-5-19(11)13-4-3-10(8-15)7-12(13)14(16,17)18/h3-4,7,11H,2,5-6,8-9H2,1H3. The number of alkyl halides is 4. The lowest BCUT2D eigenvalue weighted by molar-refractivity contribution is -0.137. The highest BCUT2D eigenvalue weighted by Crippen LogP contribution is 2.38. The van der Waals surface area contributed by atoms with Crippen LogP contribution in [0.15, 0.2) is 18.2 Å². The Morgan fingerprint density at radius 2 is 2.15 bits per heavy atom. The van der Waals surface area contributed by atoms with Crippen LogP contribution < -0.4 is 4.90 Å². The number of anilines is 1. The Bertz CT molecular complexity index is 464. The van der Waals surface area contributed by atoms with E-state index in [1.54, 1.807) is 11.0 Å². The van der Waals surface area contributed by atoms with Gasteiger partial charge in [0.15, 0.2) is 0 Å². The molecule has 2 nitrogen and oxygen atoms in total. The van der Waals surface area contributed by atoms with Gasteiger partial charge in [0, 0.05) is 18.1 Å². The number of nitrogens with zero attached hydrogens (tertiary/aromatic N) is 1. The molecule has 1 fully saturated rings. The lowest BCUT2D eigenvalue weighted by Gasteiger charge is -2.38. The Labute approximate surface area is 121 Å². The van der Waals surface area contributed by atoms with Crippen molar-refractivity contribution in [3.05, 3.63) is 29.3 Å². The van der Waals surface area contributed by atoms with Crippen LogP contribution in [0, 0.1) is 0 Å². The van der Waals surface area contributed by atoms with Crippen molar-refractivity contribution in [3.63, 3.8) is 0 Å². The van der Waals surface area contributed by atoms with Gasteiger partial charge in [0.1, 0.15) is 0 Å². The summed E-state index contributed by atoms with van der Waals surface area (Å²) in [6.07, 6.45) is -3.64. The molecule has 0 saturated carbocycles. The zero-order valence-corrected chi connectivity index (χ0v) is 12.0. The van der Waals surface area contributed by atoms with Gasteiger partial charge in [-0.1, -0.05) is 13.0 Å². The van der Waals surface area contributed by atoms with E-state index >= 15 is 0 Å². The molecule has 1 aliphatic rings. The number of hydrogen-bond donors (Lipinski definition) is 0. The highest BCUT2D eigenvalue weighted by atomic mass is 35.5. The van der Waals surface area contributed by atoms with Crippen molar-refractivity contribution in [2.24, 2.45) is 0 Å². The summed E-state index contributed by atoms with van der Waals surface area (Å²) in [5, 5.41) is 0. The SMILES string of the molecule is CCC1COCCN1c1ccc(CCl)cc1C(F)(F)F. The fourth-order valence-electron chi connectivity index (χ4n) is 2.45. The van der Waals surface area contributed by atoms with Crippen LogP contribution in [0.1, 0.15) is 24.5 Å². The molecule has 1 aromatic carbocycles. The van der Waals surface area contributed by atoms with Gasteiger partial charge >= 0.3 is 6.18 Å². The van der Waals surface area contributed by atoms with Crippen LogP contribution in [0.25, 0.3) is 0 Å². The van der Waals surface area contributed by atoms with Gasteiger partial charge in [0.2, 0.25) is 0 Å². The van der Waals surface area contributed by atoms with Crippen LogP contribution >= 0.6 is 11.6 Å². The second-order valence-electron chi connectivity index (χ2n) is 4.81. The van der Waals surface area contributed by atoms with Crippen molar-refractivity contribution < 1.29 is 17.9 Å². The Morgan fingerprint density at radius 3 is 2.75 bits per heavy atom. The van der Waals surface area contributed by atoms with Crippen LogP contribution in [-0.2, 0) is 16.8 Å². The Morgan fingerprint density at radius 1 is 1.40 bits per heavy atom. The van der Waals surface area contributed by atoms with Crippen molar-refractivity contribution in [1.82, 2.24) is 0 Å². The highest BCUT2D eigenvalue weighted by Gasteiger charge is 2.36. The molecule has 1 saturated heterocycles. The van der Waals surface area contributed by atoms with Gasteiger partial charge in [0.25, 0.3) is 0 Å². The largest absolute Gasteiger partial charge is 0.418 e. The van der Waals surface area contributed by atoms with Crippen LogP contribution in [0.5, 0.6) is 0 Å². The van der Waals surface area contributed by atoms with Gasteiger partial charge in [-0.2, -0.15) is 13.2 Å². The maximum Gasteiger partial charge on any atom is 0.418 e. The second-order valence-corrected chi connectivity index (χ2v) is 5.08. The topological polar surface area (TPSA) is 12.5 Å². The first-order chi connectivity index (χ1) is 9.47. The third kappa shape index (κ3) is 3.20. The predicted octanol–water partition coefficient (Wildman–Crippen LogP) is 4.06. The van der Waals surface area contributed by atoms with E-state index in [-0.39, 0.29) is 17.6 Å². The van der Waals surface area contributed by atoms with Gasteiger partial charge in [-0.25, -0.2) is 0 Å². The number of hydrogen-bond acceptors (Lipinski definition) is 2. The number of halogens is 4. The summed E-state index contributed by atoms with van der Waals surface area (Å²) in [6.45, 7) is 3.34. The molecule has 1 aromatic rings. The maximum atomic E-state index is 13.2. The van der Waals surface area contributed by atoms with Gasteiger partial charge in [-0.15, -0.1) is 11.6 Å². The van der Waals surface area contributed by atoms with E-state index in [0.717, 1.165) is 12.5 Å². The zero-order valence-electron chi connectivity index (χ0n) is 11.2. The van der Waals surface area contributed by atoms with Crippen LogP contribution in [-0.4, -0.2) is 25.8 Å². The molecule has 1 unspecified atom stereocenters. The first-order valence-electron chi connectivity index (χ1n) is 6.57. The number of rotatable bonds is 3. The molecule has 112 valence electrons. The summed E-state index contributed by atoms with van der Waals surface area (Å²) in [5.74, 6) is 0.0731. The summed E-state index contributed by atoms with van der Waals surface area (Å²) in [4.78, 5) is 1.80. The third-order valence-corrected chi connectivity index (χ3v) is 3.84. The summed E-state index contributed by atoms with van der Waals surface area (Å²) < 4.78 is 45.1. The Balaban J connectivity index is 2.44. The van der Waals surface area contributed by atoms with Gasteiger partial charge in [-0.3, -0.25) is 0 Å². The average molecular weight is 308 g/mol. The molecule has 0 aliphatic carbocycles. The van der Waals surface area contributed by atoms with Crippen LogP contribution in [0.2, 0.25) is 0 Å². The van der Waals surface area contributed by atoms with E-state index in [1.165, 1.54) is 6.07 Å². The number of benzene rings is 1. The van der Waals surface area contributed by atoms with Crippen LogP contribution in [0.3, 0.4) is 0 Å². The monoisotopic (exact) mass is 307 g/mol. The highest BCUT2D eigenvalue weighted by molar-refractivity contribution is 6.17. The molecule has 0 radical (unpaired) electrons. The second kappa shape index (κ2) is 6.22.